The quantitative estimate of drug-likeness (QED) is 0.223. The van der Waals surface area contributed by atoms with Gasteiger partial charge >= 0.3 is 6.09 Å². The summed E-state index contributed by atoms with van der Waals surface area (Å²) in [7, 11) is 1.93. The molecule has 44 heavy (non-hydrogen) atoms. The number of imidazole rings is 1. The first-order valence-corrected chi connectivity index (χ1v) is 14.7. The van der Waals surface area contributed by atoms with Gasteiger partial charge in [0.15, 0.2) is 11.6 Å². The van der Waals surface area contributed by atoms with Crippen molar-refractivity contribution in [3.63, 3.8) is 0 Å². The third-order valence-corrected chi connectivity index (χ3v) is 7.95. The number of carbonyl (C=O) groups is 1. The lowest BCUT2D eigenvalue weighted by Crippen LogP contribution is -2.47. The van der Waals surface area contributed by atoms with Crippen LogP contribution >= 0.6 is 0 Å². The first-order valence-electron chi connectivity index (χ1n) is 14.7. The molecule has 0 bridgehead atoms. The van der Waals surface area contributed by atoms with E-state index < -0.39 is 11.4 Å². The van der Waals surface area contributed by atoms with E-state index in [-0.39, 0.29) is 23.7 Å². The van der Waals surface area contributed by atoms with Crippen LogP contribution in [0.15, 0.2) is 55.1 Å². The van der Waals surface area contributed by atoms with E-state index in [0.29, 0.717) is 40.5 Å². The van der Waals surface area contributed by atoms with Gasteiger partial charge in [-0.1, -0.05) is 0 Å². The van der Waals surface area contributed by atoms with Crippen molar-refractivity contribution >= 4 is 39.7 Å². The Labute approximate surface area is 255 Å². The normalized spacial score (nSPS) is 17.2. The number of benzene rings is 2. The molecule has 2 aromatic carbocycles. The average Bonchev–Trinajstić information content (AvgIpc) is 3.35. The molecule has 1 amide bonds. The second kappa shape index (κ2) is 11.4. The van der Waals surface area contributed by atoms with Crippen molar-refractivity contribution in [1.29, 1.82) is 0 Å². The molecule has 5 aromatic rings. The molecule has 2 atom stereocenters. The zero-order valence-electron chi connectivity index (χ0n) is 25.8. The number of hydrogen-bond acceptors (Lipinski definition) is 8. The molecular formula is C33H36FN7O3. The highest BCUT2D eigenvalue weighted by molar-refractivity contribution is 5.87. The monoisotopic (exact) mass is 597 g/mol. The van der Waals surface area contributed by atoms with Crippen LogP contribution < -0.4 is 10.1 Å². The minimum absolute atomic E-state index is 0.0110. The number of piperidine rings is 1. The third kappa shape index (κ3) is 5.86. The Morgan fingerprint density at radius 1 is 1.05 bits per heavy atom. The molecule has 228 valence electrons. The molecule has 1 aliphatic heterocycles. The number of amides is 1. The maximum absolute atomic E-state index is 15.7. The molecule has 1 aliphatic rings. The van der Waals surface area contributed by atoms with Gasteiger partial charge in [0.2, 0.25) is 0 Å². The second-order valence-electron chi connectivity index (χ2n) is 12.4. The summed E-state index contributed by atoms with van der Waals surface area (Å²) in [6.45, 7) is 9.80. The van der Waals surface area contributed by atoms with Gasteiger partial charge in [-0.2, -0.15) is 0 Å². The number of hydrogen-bond donors (Lipinski definition) is 1. The number of ether oxygens (including phenoxy) is 2. The summed E-state index contributed by atoms with van der Waals surface area (Å²) < 4.78 is 29.3. The minimum Gasteiger partial charge on any atom is -0.457 e. The van der Waals surface area contributed by atoms with E-state index >= 15 is 4.39 Å². The summed E-state index contributed by atoms with van der Waals surface area (Å²) in [5.41, 5.74) is 3.76. The maximum Gasteiger partial charge on any atom is 0.410 e. The molecule has 0 radical (unpaired) electrons. The summed E-state index contributed by atoms with van der Waals surface area (Å²) in [5, 5.41) is 3.12. The first-order chi connectivity index (χ1) is 21.0. The molecule has 0 spiro atoms. The van der Waals surface area contributed by atoms with Gasteiger partial charge in [0.1, 0.15) is 28.9 Å². The largest absolute Gasteiger partial charge is 0.457 e. The number of halogens is 1. The van der Waals surface area contributed by atoms with Crippen molar-refractivity contribution in [2.24, 2.45) is 7.05 Å². The number of likely N-dealkylation sites (tertiary alicyclic amines) is 1. The van der Waals surface area contributed by atoms with Gasteiger partial charge in [-0.05, 0) is 83.9 Å². The fraction of sp³-hybridized carbons (Fsp3) is 0.364. The van der Waals surface area contributed by atoms with Crippen LogP contribution in [0.4, 0.5) is 20.7 Å². The van der Waals surface area contributed by atoms with Gasteiger partial charge in [-0.25, -0.2) is 29.1 Å². The number of carbonyl (C=O) groups excluding carboxylic acids is 1. The van der Waals surface area contributed by atoms with Crippen molar-refractivity contribution in [3.8, 4) is 11.5 Å². The number of fused-ring (bicyclic) bond motifs is 2. The number of nitrogens with zero attached hydrogens (tertiary/aromatic N) is 6. The molecule has 1 fully saturated rings. The molecule has 1 N–H and O–H groups in total. The van der Waals surface area contributed by atoms with Crippen molar-refractivity contribution in [2.45, 2.75) is 65.0 Å². The predicted octanol–water partition coefficient (Wildman–Crippen LogP) is 7.40. The Bertz CT molecular complexity index is 1870. The van der Waals surface area contributed by atoms with Crippen LogP contribution in [0.1, 0.15) is 57.7 Å². The van der Waals surface area contributed by atoms with Gasteiger partial charge < -0.3 is 24.3 Å². The zero-order chi connectivity index (χ0) is 31.2. The van der Waals surface area contributed by atoms with Crippen LogP contribution in [0.3, 0.4) is 0 Å². The van der Waals surface area contributed by atoms with E-state index in [4.69, 9.17) is 14.5 Å². The molecule has 6 rings (SSSR count). The highest BCUT2D eigenvalue weighted by Crippen LogP contribution is 2.35. The van der Waals surface area contributed by atoms with E-state index in [9.17, 15) is 4.79 Å². The van der Waals surface area contributed by atoms with Crippen molar-refractivity contribution in [2.75, 3.05) is 11.9 Å². The number of pyridine rings is 1. The zero-order valence-corrected chi connectivity index (χ0v) is 25.8. The topological polar surface area (TPSA) is 107 Å². The van der Waals surface area contributed by atoms with Gasteiger partial charge in [0.05, 0.1) is 28.6 Å². The molecule has 4 heterocycles. The highest BCUT2D eigenvalue weighted by Gasteiger charge is 2.33. The van der Waals surface area contributed by atoms with Crippen molar-refractivity contribution in [3.05, 3.63) is 72.2 Å². The molecular weight excluding hydrogens is 561 g/mol. The smallest absolute Gasteiger partial charge is 0.410 e. The van der Waals surface area contributed by atoms with Crippen LogP contribution in [0.25, 0.3) is 22.1 Å². The predicted molar refractivity (Wildman–Crippen MR) is 167 cm³/mol. The number of nitrogens with one attached hydrogen (secondary N) is 1. The Hall–Kier alpha value is -4.80. The molecule has 10 nitrogen and oxygen atoms in total. The average molecular weight is 598 g/mol. The summed E-state index contributed by atoms with van der Waals surface area (Å²) in [5.74, 6) is 0.908. The van der Waals surface area contributed by atoms with Gasteiger partial charge in [0.25, 0.3) is 0 Å². The summed E-state index contributed by atoms with van der Waals surface area (Å²) in [4.78, 5) is 32.8. The molecule has 11 heteroatoms. The number of aryl methyl sites for hydroxylation is 1. The summed E-state index contributed by atoms with van der Waals surface area (Å²) in [6, 6.07) is 12.8. The Kier molecular flexibility index (Phi) is 7.56. The van der Waals surface area contributed by atoms with Crippen LogP contribution in [0.5, 0.6) is 11.5 Å². The van der Waals surface area contributed by atoms with Crippen molar-refractivity contribution < 1.29 is 18.7 Å². The van der Waals surface area contributed by atoms with Crippen LogP contribution in [-0.4, -0.2) is 53.7 Å². The first kappa shape index (κ1) is 29.3. The minimum atomic E-state index is -0.575. The van der Waals surface area contributed by atoms with Gasteiger partial charge in [-0.15, -0.1) is 0 Å². The Morgan fingerprint density at radius 3 is 2.66 bits per heavy atom. The lowest BCUT2D eigenvalue weighted by Gasteiger charge is -2.38. The fourth-order valence-electron chi connectivity index (χ4n) is 5.51. The second-order valence-corrected chi connectivity index (χ2v) is 12.4. The van der Waals surface area contributed by atoms with Gasteiger partial charge in [0, 0.05) is 42.9 Å². The lowest BCUT2D eigenvalue weighted by atomic mass is 9.90. The SMILES string of the molecule is Cc1c(Oc2ccc3c(c2)ncn3C)ccc(Nc2ncnc3ccc([C@H]4CC[C@@H](C)N(C(=O)OC(C)(C)C)C4)nc23)c1F. The molecule has 3 aromatic heterocycles. The van der Waals surface area contributed by atoms with Crippen LogP contribution in [-0.2, 0) is 11.8 Å². The van der Waals surface area contributed by atoms with E-state index in [0.717, 1.165) is 29.6 Å². The van der Waals surface area contributed by atoms with E-state index in [1.54, 1.807) is 30.3 Å². The van der Waals surface area contributed by atoms with E-state index in [2.05, 4.69) is 20.3 Å². The van der Waals surface area contributed by atoms with Crippen LogP contribution in [0.2, 0.25) is 0 Å². The van der Waals surface area contributed by atoms with Crippen LogP contribution in [0, 0.1) is 12.7 Å². The number of aromatic nitrogens is 5. The Balaban J connectivity index is 1.24. The summed E-state index contributed by atoms with van der Waals surface area (Å²) in [6.07, 6.45) is 4.54. The molecule has 0 unspecified atom stereocenters. The number of rotatable bonds is 5. The highest BCUT2D eigenvalue weighted by atomic mass is 19.1. The third-order valence-electron chi connectivity index (χ3n) is 7.95. The van der Waals surface area contributed by atoms with Crippen molar-refractivity contribution in [1.82, 2.24) is 29.4 Å². The fourth-order valence-corrected chi connectivity index (χ4v) is 5.51. The molecule has 0 aliphatic carbocycles. The maximum atomic E-state index is 15.7. The molecule has 1 saturated heterocycles. The lowest BCUT2D eigenvalue weighted by molar-refractivity contribution is 0.00955. The number of anilines is 2. The molecule has 0 saturated carbocycles. The van der Waals surface area contributed by atoms with Gasteiger partial charge in [-0.3, -0.25) is 0 Å². The summed E-state index contributed by atoms with van der Waals surface area (Å²) >= 11 is 0. The standard InChI is InChI=1S/C33H36FN7O3/c1-19-7-8-21(16-41(19)32(42)44-33(3,4)5)23-10-11-25-30(38-23)31(36-17-35-25)39-24-12-14-28(20(2)29(24)34)43-22-9-13-27-26(15-22)37-18-40(27)6/h9-15,17-19,21H,7-8,16H2,1-6H3,(H,35,36,39)/t19-,21+/m1/s1. The van der Waals surface area contributed by atoms with E-state index in [1.807, 2.05) is 69.6 Å². The van der Waals surface area contributed by atoms with E-state index in [1.165, 1.54) is 6.33 Å². The Morgan fingerprint density at radius 2 is 1.86 bits per heavy atom.